The van der Waals surface area contributed by atoms with E-state index in [4.69, 9.17) is 4.74 Å². The summed E-state index contributed by atoms with van der Waals surface area (Å²) in [7, 11) is 0. The molecular formula is C13H21IO. The Labute approximate surface area is 107 Å². The van der Waals surface area contributed by atoms with Crippen LogP contribution in [-0.4, -0.2) is 6.10 Å². The fourth-order valence-corrected chi connectivity index (χ4v) is 4.21. The molecule has 0 aromatic carbocycles. The van der Waals surface area contributed by atoms with Crippen molar-refractivity contribution in [3.05, 3.63) is 9.84 Å². The molecule has 2 heteroatoms. The molecule has 0 spiro atoms. The Morgan fingerprint density at radius 3 is 2.67 bits per heavy atom. The average Bonchev–Trinajstić information content (AvgIpc) is 2.55. The summed E-state index contributed by atoms with van der Waals surface area (Å²) in [6.45, 7) is 7.01. The summed E-state index contributed by atoms with van der Waals surface area (Å²) in [6, 6.07) is 0. The SMILES string of the molecule is CC/C=C(/I)O[C@@H]1C[C@@H]2CC[C@H]1C2(C)C. The highest BCUT2D eigenvalue weighted by molar-refractivity contribution is 14.1. The molecular weight excluding hydrogens is 299 g/mol. The predicted molar refractivity (Wildman–Crippen MR) is 71.9 cm³/mol. The number of rotatable bonds is 3. The first-order valence-electron chi connectivity index (χ1n) is 6.08. The van der Waals surface area contributed by atoms with E-state index in [9.17, 15) is 0 Å². The van der Waals surface area contributed by atoms with Crippen LogP contribution in [0.15, 0.2) is 9.84 Å². The topological polar surface area (TPSA) is 9.23 Å². The first kappa shape index (κ1) is 11.7. The van der Waals surface area contributed by atoms with E-state index in [1.165, 1.54) is 19.3 Å². The minimum absolute atomic E-state index is 0.494. The number of halogens is 1. The highest BCUT2D eigenvalue weighted by atomic mass is 127. The molecule has 0 heterocycles. The monoisotopic (exact) mass is 320 g/mol. The maximum absolute atomic E-state index is 6.07. The summed E-state index contributed by atoms with van der Waals surface area (Å²) in [4.78, 5) is 0. The molecule has 0 aromatic rings. The van der Waals surface area contributed by atoms with Gasteiger partial charge in [-0.25, -0.2) is 0 Å². The molecule has 1 nitrogen and oxygen atoms in total. The largest absolute Gasteiger partial charge is 0.485 e. The standard InChI is InChI=1S/C13H21IO/c1-4-5-12(14)15-11-8-9-6-7-10(11)13(9,2)3/h5,9-11H,4,6-8H2,1-3H3/b12-5-/t9-,10+,11+/m0/s1. The fourth-order valence-electron chi connectivity index (χ4n) is 3.44. The molecule has 2 fully saturated rings. The molecule has 3 atom stereocenters. The van der Waals surface area contributed by atoms with Gasteiger partial charge in [0.2, 0.25) is 0 Å². The highest BCUT2D eigenvalue weighted by Crippen LogP contribution is 2.58. The van der Waals surface area contributed by atoms with Crippen molar-refractivity contribution in [2.24, 2.45) is 17.3 Å². The summed E-state index contributed by atoms with van der Waals surface area (Å²) in [5.74, 6) is 1.69. The molecule has 2 rings (SSSR count). The van der Waals surface area contributed by atoms with Gasteiger partial charge in [0.15, 0.2) is 3.77 Å². The van der Waals surface area contributed by atoms with E-state index in [2.05, 4.69) is 49.4 Å². The third kappa shape index (κ3) is 2.06. The van der Waals surface area contributed by atoms with Crippen molar-refractivity contribution in [1.29, 1.82) is 0 Å². The van der Waals surface area contributed by atoms with Crippen molar-refractivity contribution in [2.45, 2.75) is 52.6 Å². The van der Waals surface area contributed by atoms with Crippen LogP contribution in [-0.2, 0) is 4.74 Å². The second-order valence-electron chi connectivity index (χ2n) is 5.51. The van der Waals surface area contributed by atoms with Crippen LogP contribution in [0.2, 0.25) is 0 Å². The number of ether oxygens (including phenoxy) is 1. The fraction of sp³-hybridized carbons (Fsp3) is 0.846. The van der Waals surface area contributed by atoms with Crippen LogP contribution in [0, 0.1) is 17.3 Å². The number of allylic oxidation sites excluding steroid dienone is 1. The lowest BCUT2D eigenvalue weighted by Gasteiger charge is -2.26. The van der Waals surface area contributed by atoms with Crippen LogP contribution in [0.5, 0.6) is 0 Å². The van der Waals surface area contributed by atoms with E-state index in [1.807, 2.05) is 0 Å². The Bertz CT molecular complexity index is 270. The molecule has 2 bridgehead atoms. The van der Waals surface area contributed by atoms with Crippen molar-refractivity contribution in [2.75, 3.05) is 0 Å². The smallest absolute Gasteiger partial charge is 0.153 e. The lowest BCUT2D eigenvalue weighted by atomic mass is 9.82. The molecule has 2 aliphatic rings. The van der Waals surface area contributed by atoms with Gasteiger partial charge in [0.1, 0.15) is 6.10 Å². The van der Waals surface area contributed by atoms with Gasteiger partial charge in [0.25, 0.3) is 0 Å². The van der Waals surface area contributed by atoms with Gasteiger partial charge in [-0.3, -0.25) is 0 Å². The Hall–Kier alpha value is 0.270. The van der Waals surface area contributed by atoms with E-state index in [0.717, 1.165) is 22.0 Å². The second kappa shape index (κ2) is 4.27. The molecule has 2 aliphatic carbocycles. The first-order valence-corrected chi connectivity index (χ1v) is 7.16. The Morgan fingerprint density at radius 2 is 2.20 bits per heavy atom. The molecule has 0 amide bonds. The third-order valence-electron chi connectivity index (χ3n) is 4.43. The van der Waals surface area contributed by atoms with E-state index >= 15 is 0 Å². The summed E-state index contributed by atoms with van der Waals surface area (Å²) in [5, 5.41) is 0. The predicted octanol–water partition coefficient (Wildman–Crippen LogP) is 4.51. The van der Waals surface area contributed by atoms with Gasteiger partial charge in [-0.15, -0.1) is 0 Å². The summed E-state index contributed by atoms with van der Waals surface area (Å²) < 4.78 is 7.17. The van der Waals surface area contributed by atoms with E-state index in [-0.39, 0.29) is 0 Å². The Morgan fingerprint density at radius 1 is 1.47 bits per heavy atom. The van der Waals surface area contributed by atoms with Crippen molar-refractivity contribution in [3.8, 4) is 0 Å². The van der Waals surface area contributed by atoms with E-state index in [1.54, 1.807) is 0 Å². The van der Waals surface area contributed by atoms with Gasteiger partial charge in [-0.2, -0.15) is 0 Å². The molecule has 0 aliphatic heterocycles. The van der Waals surface area contributed by atoms with Crippen molar-refractivity contribution in [1.82, 2.24) is 0 Å². The van der Waals surface area contributed by atoms with Crippen LogP contribution in [0.4, 0.5) is 0 Å². The molecule has 2 saturated carbocycles. The second-order valence-corrected chi connectivity index (χ2v) is 6.57. The van der Waals surface area contributed by atoms with Crippen LogP contribution < -0.4 is 0 Å². The molecule has 0 radical (unpaired) electrons. The molecule has 0 unspecified atom stereocenters. The summed E-state index contributed by atoms with van der Waals surface area (Å²) in [6.07, 6.45) is 7.82. The van der Waals surface area contributed by atoms with Gasteiger partial charge in [-0.05, 0) is 65.7 Å². The van der Waals surface area contributed by atoms with Gasteiger partial charge in [0.05, 0.1) is 0 Å². The van der Waals surface area contributed by atoms with Crippen LogP contribution >= 0.6 is 22.6 Å². The molecule has 0 N–H and O–H groups in total. The highest BCUT2D eigenvalue weighted by Gasteiger charge is 2.54. The lowest BCUT2D eigenvalue weighted by Crippen LogP contribution is -2.24. The number of fused-ring (bicyclic) bond motifs is 2. The van der Waals surface area contributed by atoms with Crippen molar-refractivity contribution >= 4 is 22.6 Å². The maximum atomic E-state index is 6.07. The molecule has 0 saturated heterocycles. The normalized spacial score (nSPS) is 38.4. The van der Waals surface area contributed by atoms with E-state index in [0.29, 0.717) is 11.5 Å². The van der Waals surface area contributed by atoms with Gasteiger partial charge < -0.3 is 4.74 Å². The lowest BCUT2D eigenvalue weighted by molar-refractivity contribution is 0.0719. The zero-order valence-electron chi connectivity index (χ0n) is 9.92. The Balaban J connectivity index is 2.00. The summed E-state index contributed by atoms with van der Waals surface area (Å²) in [5.41, 5.74) is 0.522. The molecule has 15 heavy (non-hydrogen) atoms. The van der Waals surface area contributed by atoms with Gasteiger partial charge in [-0.1, -0.05) is 20.8 Å². The van der Waals surface area contributed by atoms with Crippen LogP contribution in [0.25, 0.3) is 0 Å². The van der Waals surface area contributed by atoms with Crippen LogP contribution in [0.3, 0.4) is 0 Å². The molecule has 0 aromatic heterocycles. The average molecular weight is 320 g/mol. The van der Waals surface area contributed by atoms with E-state index < -0.39 is 0 Å². The first-order chi connectivity index (χ1) is 7.05. The van der Waals surface area contributed by atoms with Gasteiger partial charge >= 0.3 is 0 Å². The molecule has 86 valence electrons. The zero-order chi connectivity index (χ0) is 11.1. The summed E-state index contributed by atoms with van der Waals surface area (Å²) >= 11 is 2.32. The van der Waals surface area contributed by atoms with Crippen molar-refractivity contribution < 1.29 is 4.74 Å². The quantitative estimate of drug-likeness (QED) is 0.549. The maximum Gasteiger partial charge on any atom is 0.153 e. The number of hydrogen-bond donors (Lipinski definition) is 0. The van der Waals surface area contributed by atoms with Gasteiger partial charge in [0, 0.05) is 5.92 Å². The van der Waals surface area contributed by atoms with Crippen molar-refractivity contribution in [3.63, 3.8) is 0 Å². The third-order valence-corrected chi connectivity index (χ3v) is 5.12. The Kier molecular flexibility index (Phi) is 3.34. The zero-order valence-corrected chi connectivity index (χ0v) is 12.1. The van der Waals surface area contributed by atoms with Crippen LogP contribution in [0.1, 0.15) is 46.5 Å². The number of hydrogen-bond acceptors (Lipinski definition) is 1. The minimum atomic E-state index is 0.494. The minimum Gasteiger partial charge on any atom is -0.485 e.